The van der Waals surface area contributed by atoms with E-state index >= 15 is 0 Å². The van der Waals surface area contributed by atoms with Gasteiger partial charge in [-0.1, -0.05) is 37.9 Å². The second kappa shape index (κ2) is 6.95. The fraction of sp³-hybridized carbons (Fsp3) is 0.294. The summed E-state index contributed by atoms with van der Waals surface area (Å²) >= 11 is 7.14. The molecule has 1 atom stereocenters. The summed E-state index contributed by atoms with van der Waals surface area (Å²) in [5.74, 6) is 0.900. The lowest BCUT2D eigenvalue weighted by atomic mass is 9.94. The van der Waals surface area contributed by atoms with E-state index in [0.717, 1.165) is 25.8 Å². The van der Waals surface area contributed by atoms with Crippen LogP contribution in [0, 0.1) is 13.8 Å². The molecule has 2 nitrogen and oxygen atoms in total. The summed E-state index contributed by atoms with van der Waals surface area (Å²) in [6, 6.07) is 10.6. The summed E-state index contributed by atoms with van der Waals surface area (Å²) < 4.78 is 7.76. The van der Waals surface area contributed by atoms with E-state index in [1.165, 1.54) is 11.1 Å². The number of aryl methyl sites for hydroxylation is 2. The van der Waals surface area contributed by atoms with Crippen LogP contribution in [-0.2, 0) is 0 Å². The van der Waals surface area contributed by atoms with Crippen molar-refractivity contribution >= 4 is 31.9 Å². The summed E-state index contributed by atoms with van der Waals surface area (Å²) in [7, 11) is 3.69. The van der Waals surface area contributed by atoms with Crippen molar-refractivity contribution in [1.29, 1.82) is 0 Å². The molecule has 0 radical (unpaired) electrons. The first kappa shape index (κ1) is 16.5. The van der Waals surface area contributed by atoms with Gasteiger partial charge < -0.3 is 10.1 Å². The molecule has 4 heteroatoms. The molecule has 0 spiro atoms. The predicted molar refractivity (Wildman–Crippen MR) is 95.2 cm³/mol. The van der Waals surface area contributed by atoms with E-state index in [1.54, 1.807) is 7.11 Å². The molecule has 1 N–H and O–H groups in total. The van der Waals surface area contributed by atoms with E-state index < -0.39 is 0 Å². The number of nitrogens with one attached hydrogen (secondary N) is 1. The molecule has 2 aromatic carbocycles. The molecule has 1 unspecified atom stereocenters. The molecule has 2 rings (SSSR count). The van der Waals surface area contributed by atoms with E-state index in [9.17, 15) is 0 Å². The number of hydrogen-bond acceptors (Lipinski definition) is 2. The Balaban J connectivity index is 2.58. The van der Waals surface area contributed by atoms with Gasteiger partial charge in [-0.2, -0.15) is 0 Å². The molecule has 0 saturated heterocycles. The molecule has 0 aliphatic carbocycles. The first-order chi connectivity index (χ1) is 9.97. The Morgan fingerprint density at radius 3 is 2.29 bits per heavy atom. The second-order valence-corrected chi connectivity index (χ2v) is 6.84. The average molecular weight is 413 g/mol. The van der Waals surface area contributed by atoms with Crippen LogP contribution in [0.3, 0.4) is 0 Å². The number of halogens is 2. The summed E-state index contributed by atoms with van der Waals surface area (Å²) in [6.45, 7) is 4.19. The predicted octanol–water partition coefficient (Wildman–Crippen LogP) is 5.15. The highest BCUT2D eigenvalue weighted by Crippen LogP contribution is 2.35. The summed E-state index contributed by atoms with van der Waals surface area (Å²) in [4.78, 5) is 0. The van der Waals surface area contributed by atoms with Crippen LogP contribution in [0.15, 0.2) is 39.3 Å². The standard InChI is InChI=1S/C17H19Br2NO/c1-10-7-12(18)5-6-13(10)17(20-3)14-9-15(19)11(2)8-16(14)21-4/h5-9,17,20H,1-4H3. The SMILES string of the molecule is CNC(c1ccc(Br)cc1C)c1cc(Br)c(C)cc1OC. The van der Waals surface area contributed by atoms with Crippen LogP contribution in [-0.4, -0.2) is 14.2 Å². The van der Waals surface area contributed by atoms with Crippen molar-refractivity contribution < 1.29 is 4.74 Å². The molecule has 0 amide bonds. The topological polar surface area (TPSA) is 21.3 Å². The van der Waals surface area contributed by atoms with Crippen molar-refractivity contribution in [2.24, 2.45) is 0 Å². The van der Waals surface area contributed by atoms with Crippen molar-refractivity contribution in [2.75, 3.05) is 14.2 Å². The highest BCUT2D eigenvalue weighted by molar-refractivity contribution is 9.10. The third-order valence-electron chi connectivity index (χ3n) is 3.65. The van der Waals surface area contributed by atoms with Crippen LogP contribution in [0.4, 0.5) is 0 Å². The van der Waals surface area contributed by atoms with E-state index in [2.05, 4.69) is 81.4 Å². The quantitative estimate of drug-likeness (QED) is 0.749. The number of hydrogen-bond donors (Lipinski definition) is 1. The average Bonchev–Trinajstić information content (AvgIpc) is 2.45. The highest BCUT2D eigenvalue weighted by Gasteiger charge is 2.19. The van der Waals surface area contributed by atoms with Gasteiger partial charge in [-0.25, -0.2) is 0 Å². The summed E-state index contributed by atoms with van der Waals surface area (Å²) in [5, 5.41) is 3.40. The van der Waals surface area contributed by atoms with E-state index in [1.807, 2.05) is 7.05 Å². The van der Waals surface area contributed by atoms with Gasteiger partial charge in [-0.05, 0) is 61.9 Å². The van der Waals surface area contributed by atoms with Crippen LogP contribution < -0.4 is 10.1 Å². The molecule has 2 aromatic rings. The maximum Gasteiger partial charge on any atom is 0.124 e. The van der Waals surface area contributed by atoms with Gasteiger partial charge in [0.1, 0.15) is 5.75 Å². The normalized spacial score (nSPS) is 12.3. The van der Waals surface area contributed by atoms with Crippen molar-refractivity contribution in [3.63, 3.8) is 0 Å². The van der Waals surface area contributed by atoms with Gasteiger partial charge in [0.25, 0.3) is 0 Å². The van der Waals surface area contributed by atoms with E-state index in [0.29, 0.717) is 0 Å². The molecule has 0 fully saturated rings. The second-order valence-electron chi connectivity index (χ2n) is 5.07. The van der Waals surface area contributed by atoms with Gasteiger partial charge >= 0.3 is 0 Å². The zero-order valence-electron chi connectivity index (χ0n) is 12.6. The van der Waals surface area contributed by atoms with Gasteiger partial charge in [-0.15, -0.1) is 0 Å². The number of ether oxygens (including phenoxy) is 1. The van der Waals surface area contributed by atoms with Crippen molar-refractivity contribution in [3.8, 4) is 5.75 Å². The van der Waals surface area contributed by atoms with Gasteiger partial charge in [0.2, 0.25) is 0 Å². The Morgan fingerprint density at radius 1 is 1.00 bits per heavy atom. The Kier molecular flexibility index (Phi) is 5.47. The molecular weight excluding hydrogens is 394 g/mol. The molecule has 0 aliphatic rings. The monoisotopic (exact) mass is 411 g/mol. The van der Waals surface area contributed by atoms with Crippen LogP contribution in [0.5, 0.6) is 5.75 Å². The lowest BCUT2D eigenvalue weighted by Gasteiger charge is -2.22. The Hall–Kier alpha value is -0.840. The number of methoxy groups -OCH3 is 1. The smallest absolute Gasteiger partial charge is 0.124 e. The molecule has 0 aliphatic heterocycles. The zero-order valence-corrected chi connectivity index (χ0v) is 15.8. The Labute approximate surface area is 143 Å². The van der Waals surface area contributed by atoms with E-state index in [-0.39, 0.29) is 6.04 Å². The lowest BCUT2D eigenvalue weighted by molar-refractivity contribution is 0.405. The third-order valence-corrected chi connectivity index (χ3v) is 5.00. The molecule has 0 bridgehead atoms. The van der Waals surface area contributed by atoms with Crippen molar-refractivity contribution in [1.82, 2.24) is 5.32 Å². The molecule has 0 heterocycles. The molecule has 21 heavy (non-hydrogen) atoms. The van der Waals surface area contributed by atoms with Gasteiger partial charge in [0.05, 0.1) is 13.2 Å². The fourth-order valence-electron chi connectivity index (χ4n) is 2.51. The maximum atomic E-state index is 5.58. The minimum Gasteiger partial charge on any atom is -0.496 e. The fourth-order valence-corrected chi connectivity index (χ4v) is 3.35. The third kappa shape index (κ3) is 3.50. The van der Waals surface area contributed by atoms with Crippen LogP contribution >= 0.6 is 31.9 Å². The zero-order chi connectivity index (χ0) is 15.6. The molecule has 112 valence electrons. The van der Waals surface area contributed by atoms with Gasteiger partial charge in [0.15, 0.2) is 0 Å². The largest absolute Gasteiger partial charge is 0.496 e. The molecular formula is C17H19Br2NO. The molecule has 0 aromatic heterocycles. The first-order valence-electron chi connectivity index (χ1n) is 6.75. The van der Waals surface area contributed by atoms with Crippen LogP contribution in [0.1, 0.15) is 28.3 Å². The minimum absolute atomic E-state index is 0.0879. The minimum atomic E-state index is 0.0879. The van der Waals surface area contributed by atoms with Crippen LogP contribution in [0.25, 0.3) is 0 Å². The van der Waals surface area contributed by atoms with Gasteiger partial charge in [-0.3, -0.25) is 0 Å². The Bertz CT molecular complexity index is 655. The van der Waals surface area contributed by atoms with E-state index in [4.69, 9.17) is 4.74 Å². The lowest BCUT2D eigenvalue weighted by Crippen LogP contribution is -2.19. The number of benzene rings is 2. The van der Waals surface area contributed by atoms with Gasteiger partial charge in [0, 0.05) is 14.5 Å². The van der Waals surface area contributed by atoms with Crippen molar-refractivity contribution in [3.05, 3.63) is 61.5 Å². The summed E-state index contributed by atoms with van der Waals surface area (Å²) in [5.41, 5.74) is 4.78. The number of rotatable bonds is 4. The highest BCUT2D eigenvalue weighted by atomic mass is 79.9. The molecule has 0 saturated carbocycles. The first-order valence-corrected chi connectivity index (χ1v) is 8.34. The summed E-state index contributed by atoms with van der Waals surface area (Å²) in [6.07, 6.45) is 0. The Morgan fingerprint density at radius 2 is 1.71 bits per heavy atom. The van der Waals surface area contributed by atoms with Crippen LogP contribution in [0.2, 0.25) is 0 Å². The van der Waals surface area contributed by atoms with Crippen molar-refractivity contribution in [2.45, 2.75) is 19.9 Å². The maximum absolute atomic E-state index is 5.58.